The third kappa shape index (κ3) is 5.03. The van der Waals surface area contributed by atoms with E-state index < -0.39 is 11.8 Å². The number of hydrogen-bond donors (Lipinski definition) is 1. The second-order valence-electron chi connectivity index (χ2n) is 6.75. The van der Waals surface area contributed by atoms with E-state index in [4.69, 9.17) is 4.74 Å². The van der Waals surface area contributed by atoms with Crippen LogP contribution in [-0.4, -0.2) is 34.7 Å². The lowest BCUT2D eigenvalue weighted by atomic mass is 9.88. The van der Waals surface area contributed by atoms with Crippen LogP contribution in [0.3, 0.4) is 0 Å². The normalized spacial score (nSPS) is 15.3. The number of methoxy groups -OCH3 is 1. The number of aromatic nitrogens is 1. The van der Waals surface area contributed by atoms with E-state index in [0.29, 0.717) is 12.8 Å². The summed E-state index contributed by atoms with van der Waals surface area (Å²) >= 11 is 0. The minimum Gasteiger partial charge on any atom is -0.492 e. The van der Waals surface area contributed by atoms with Crippen molar-refractivity contribution in [1.82, 2.24) is 4.98 Å². The maximum atomic E-state index is 12.6. The summed E-state index contributed by atoms with van der Waals surface area (Å²) in [6.07, 6.45) is 8.55. The predicted octanol–water partition coefficient (Wildman–Crippen LogP) is 3.58. The summed E-state index contributed by atoms with van der Waals surface area (Å²) in [5, 5.41) is 9.51. The molecule has 0 spiro atoms. The summed E-state index contributed by atoms with van der Waals surface area (Å²) in [4.78, 5) is 40.6. The lowest BCUT2D eigenvalue weighted by molar-refractivity contribution is -0.132. The number of pyridine rings is 1. The highest BCUT2D eigenvalue weighted by atomic mass is 16.5. The second-order valence-corrected chi connectivity index (χ2v) is 6.75. The van der Waals surface area contributed by atoms with Gasteiger partial charge in [0.2, 0.25) is 5.78 Å². The van der Waals surface area contributed by atoms with Crippen LogP contribution in [0.4, 0.5) is 0 Å². The molecule has 148 valence electrons. The van der Waals surface area contributed by atoms with E-state index in [1.165, 1.54) is 27.0 Å². The zero-order valence-corrected chi connectivity index (χ0v) is 16.4. The Kier molecular flexibility index (Phi) is 7.44. The maximum absolute atomic E-state index is 12.6. The van der Waals surface area contributed by atoms with Crippen LogP contribution >= 0.6 is 0 Å². The van der Waals surface area contributed by atoms with Gasteiger partial charge in [-0.25, -0.2) is 4.79 Å². The van der Waals surface area contributed by atoms with Gasteiger partial charge in [0.25, 0.3) is 0 Å². The number of ether oxygens (including phenoxy) is 1. The zero-order chi connectivity index (χ0) is 20.7. The number of carbonyl (C=O) groups is 3. The molecule has 0 saturated heterocycles. The van der Waals surface area contributed by atoms with Gasteiger partial charge >= 0.3 is 5.97 Å². The average Bonchev–Trinajstić information content (AvgIpc) is 2.68. The highest BCUT2D eigenvalue weighted by Crippen LogP contribution is 2.27. The van der Waals surface area contributed by atoms with Crippen molar-refractivity contribution in [3.8, 4) is 0 Å². The fourth-order valence-corrected chi connectivity index (χ4v) is 3.17. The SMILES string of the molecule is COC1=C(C)C(=O)C(C)=C(C=C(CCCCCc2cccnc2)C(=O)O)C1=O. The topological polar surface area (TPSA) is 93.6 Å². The molecule has 1 N–H and O–H groups in total. The molecule has 0 radical (unpaired) electrons. The Morgan fingerprint density at radius 1 is 1.14 bits per heavy atom. The van der Waals surface area contributed by atoms with E-state index >= 15 is 0 Å². The standard InChI is InChI=1S/C22H25NO5/c1-14-18(20(25)21(28-3)15(2)19(14)24)12-17(22(26)27)10-6-4-5-8-16-9-7-11-23-13-16/h7,9,11-13H,4-6,8,10H2,1-3H3,(H,26,27). The number of aryl methyl sites for hydroxylation is 1. The molecule has 2 rings (SSSR count). The molecule has 0 aromatic carbocycles. The first-order chi connectivity index (χ1) is 13.4. The number of hydrogen-bond acceptors (Lipinski definition) is 5. The Morgan fingerprint density at radius 3 is 2.50 bits per heavy atom. The summed E-state index contributed by atoms with van der Waals surface area (Å²) in [6, 6.07) is 3.91. The summed E-state index contributed by atoms with van der Waals surface area (Å²) in [7, 11) is 1.33. The van der Waals surface area contributed by atoms with Gasteiger partial charge in [-0.2, -0.15) is 0 Å². The van der Waals surface area contributed by atoms with Crippen molar-refractivity contribution >= 4 is 17.5 Å². The van der Waals surface area contributed by atoms with Crippen molar-refractivity contribution in [2.24, 2.45) is 0 Å². The van der Waals surface area contributed by atoms with Gasteiger partial charge in [-0.05, 0) is 57.2 Å². The molecule has 0 atom stereocenters. The highest BCUT2D eigenvalue weighted by Gasteiger charge is 2.30. The van der Waals surface area contributed by atoms with E-state index in [0.717, 1.165) is 24.8 Å². The molecule has 6 heteroatoms. The molecular weight excluding hydrogens is 358 g/mol. The van der Waals surface area contributed by atoms with Crippen LogP contribution in [0.5, 0.6) is 0 Å². The van der Waals surface area contributed by atoms with Crippen molar-refractivity contribution in [2.45, 2.75) is 46.0 Å². The van der Waals surface area contributed by atoms with Crippen molar-refractivity contribution in [3.05, 3.63) is 64.2 Å². The molecule has 1 heterocycles. The van der Waals surface area contributed by atoms with Crippen LogP contribution in [-0.2, 0) is 25.5 Å². The minimum atomic E-state index is -1.09. The highest BCUT2D eigenvalue weighted by molar-refractivity contribution is 6.25. The molecule has 6 nitrogen and oxygen atoms in total. The number of carboxylic acids is 1. The van der Waals surface area contributed by atoms with Crippen LogP contribution in [0, 0.1) is 0 Å². The van der Waals surface area contributed by atoms with E-state index in [1.807, 2.05) is 18.3 Å². The van der Waals surface area contributed by atoms with Crippen LogP contribution in [0.15, 0.2) is 58.7 Å². The van der Waals surface area contributed by atoms with Crippen molar-refractivity contribution in [2.75, 3.05) is 7.11 Å². The molecule has 0 saturated carbocycles. The van der Waals surface area contributed by atoms with Gasteiger partial charge in [0.05, 0.1) is 7.11 Å². The summed E-state index contributed by atoms with van der Waals surface area (Å²) in [5.41, 5.74) is 1.86. The van der Waals surface area contributed by atoms with E-state index in [1.54, 1.807) is 6.20 Å². The Bertz CT molecular complexity index is 862. The Labute approximate surface area is 164 Å². The lowest BCUT2D eigenvalue weighted by Crippen LogP contribution is -2.22. The largest absolute Gasteiger partial charge is 0.492 e. The van der Waals surface area contributed by atoms with E-state index in [9.17, 15) is 19.5 Å². The van der Waals surface area contributed by atoms with Gasteiger partial charge in [-0.15, -0.1) is 0 Å². The van der Waals surface area contributed by atoms with Gasteiger partial charge in [-0.3, -0.25) is 14.6 Å². The molecule has 1 aromatic rings. The molecule has 0 bridgehead atoms. The average molecular weight is 383 g/mol. The van der Waals surface area contributed by atoms with Gasteiger partial charge < -0.3 is 9.84 Å². The van der Waals surface area contributed by atoms with Gasteiger partial charge in [0.1, 0.15) is 0 Å². The molecule has 0 unspecified atom stereocenters. The second kappa shape index (κ2) is 9.78. The van der Waals surface area contributed by atoms with Crippen LogP contribution in [0.25, 0.3) is 0 Å². The van der Waals surface area contributed by atoms with Crippen molar-refractivity contribution in [1.29, 1.82) is 0 Å². The fourth-order valence-electron chi connectivity index (χ4n) is 3.17. The van der Waals surface area contributed by atoms with Crippen LogP contribution in [0.1, 0.15) is 45.1 Å². The molecule has 1 aromatic heterocycles. The van der Waals surface area contributed by atoms with E-state index in [2.05, 4.69) is 4.98 Å². The number of aliphatic carboxylic acids is 1. The number of unbranched alkanes of at least 4 members (excludes halogenated alkanes) is 2. The molecule has 0 amide bonds. The summed E-state index contributed by atoms with van der Waals surface area (Å²) in [6.45, 7) is 3.07. The molecule has 28 heavy (non-hydrogen) atoms. The number of rotatable bonds is 9. The zero-order valence-electron chi connectivity index (χ0n) is 16.4. The third-order valence-corrected chi connectivity index (χ3v) is 4.81. The quantitative estimate of drug-likeness (QED) is 0.398. The molecular formula is C22H25NO5. The summed E-state index contributed by atoms with van der Waals surface area (Å²) in [5.74, 6) is -1.86. The Morgan fingerprint density at radius 2 is 1.89 bits per heavy atom. The summed E-state index contributed by atoms with van der Waals surface area (Å²) < 4.78 is 5.06. The van der Waals surface area contributed by atoms with Crippen molar-refractivity contribution < 1.29 is 24.2 Å². The Hall–Kier alpha value is -3.02. The number of allylic oxidation sites excluding steroid dienone is 4. The van der Waals surface area contributed by atoms with Crippen molar-refractivity contribution in [3.63, 3.8) is 0 Å². The number of Topliss-reactive ketones (excluding diaryl/α,β-unsaturated/α-hetero) is 2. The third-order valence-electron chi connectivity index (χ3n) is 4.81. The monoisotopic (exact) mass is 383 g/mol. The number of nitrogens with zero attached hydrogens (tertiary/aromatic N) is 1. The number of carbonyl (C=O) groups excluding carboxylic acids is 2. The fraction of sp³-hybridized carbons (Fsp3) is 0.364. The predicted molar refractivity (Wildman–Crippen MR) is 105 cm³/mol. The van der Waals surface area contributed by atoms with Crippen LogP contribution in [0.2, 0.25) is 0 Å². The number of ketones is 2. The first-order valence-electron chi connectivity index (χ1n) is 9.24. The Balaban J connectivity index is 2.04. The first kappa shape index (κ1) is 21.3. The first-order valence-corrected chi connectivity index (χ1v) is 9.24. The minimum absolute atomic E-state index is 0.0249. The van der Waals surface area contributed by atoms with Crippen LogP contribution < -0.4 is 0 Å². The maximum Gasteiger partial charge on any atom is 0.331 e. The van der Waals surface area contributed by atoms with E-state index in [-0.39, 0.29) is 33.8 Å². The molecule has 0 aliphatic heterocycles. The molecule has 0 fully saturated rings. The van der Waals surface area contributed by atoms with Gasteiger partial charge in [0, 0.05) is 34.7 Å². The number of carboxylic acid groups (broad SMARTS) is 1. The lowest BCUT2D eigenvalue weighted by Gasteiger charge is -2.18. The van der Waals surface area contributed by atoms with Gasteiger partial charge in [-0.1, -0.05) is 12.5 Å². The molecule has 1 aliphatic carbocycles. The van der Waals surface area contributed by atoms with Gasteiger partial charge in [0.15, 0.2) is 11.5 Å². The molecule has 1 aliphatic rings. The smallest absolute Gasteiger partial charge is 0.331 e.